The Labute approximate surface area is 106 Å². The number of nitrogens with one attached hydrogen (secondary N) is 3. The SMILES string of the molecule is CNC1CCC(NC(=O)[C@@H]2CC(F)(F)CN2)CC1. The van der Waals surface area contributed by atoms with Gasteiger partial charge in [-0.05, 0) is 32.7 Å². The zero-order valence-corrected chi connectivity index (χ0v) is 10.6. The minimum Gasteiger partial charge on any atom is -0.352 e. The van der Waals surface area contributed by atoms with Crippen molar-refractivity contribution >= 4 is 5.91 Å². The van der Waals surface area contributed by atoms with E-state index < -0.39 is 18.5 Å². The molecule has 0 aromatic carbocycles. The molecular weight excluding hydrogens is 240 g/mol. The lowest BCUT2D eigenvalue weighted by Crippen LogP contribution is -2.47. The van der Waals surface area contributed by atoms with Crippen molar-refractivity contribution in [1.82, 2.24) is 16.0 Å². The highest BCUT2D eigenvalue weighted by Gasteiger charge is 2.42. The van der Waals surface area contributed by atoms with Crippen LogP contribution in [-0.4, -0.2) is 43.5 Å². The quantitative estimate of drug-likeness (QED) is 0.698. The summed E-state index contributed by atoms with van der Waals surface area (Å²) in [5.41, 5.74) is 0. The van der Waals surface area contributed by atoms with Crippen molar-refractivity contribution in [2.45, 2.75) is 56.2 Å². The third-order valence-corrected chi connectivity index (χ3v) is 3.91. The number of alkyl halides is 2. The molecule has 0 aromatic rings. The fraction of sp³-hybridized carbons (Fsp3) is 0.917. The van der Waals surface area contributed by atoms with E-state index in [-0.39, 0.29) is 18.4 Å². The maximum Gasteiger partial charge on any atom is 0.262 e. The molecule has 104 valence electrons. The van der Waals surface area contributed by atoms with Crippen LogP contribution in [0.5, 0.6) is 0 Å². The van der Waals surface area contributed by atoms with Crippen LogP contribution < -0.4 is 16.0 Å². The monoisotopic (exact) mass is 261 g/mol. The third-order valence-electron chi connectivity index (χ3n) is 3.91. The zero-order chi connectivity index (χ0) is 13.2. The van der Waals surface area contributed by atoms with Crippen molar-refractivity contribution in [1.29, 1.82) is 0 Å². The predicted molar refractivity (Wildman–Crippen MR) is 64.6 cm³/mol. The average molecular weight is 261 g/mol. The van der Waals surface area contributed by atoms with Gasteiger partial charge < -0.3 is 10.6 Å². The van der Waals surface area contributed by atoms with Gasteiger partial charge in [-0.2, -0.15) is 0 Å². The molecule has 0 aromatic heterocycles. The molecule has 18 heavy (non-hydrogen) atoms. The number of amides is 1. The second-order valence-electron chi connectivity index (χ2n) is 5.34. The lowest BCUT2D eigenvalue weighted by Gasteiger charge is -2.29. The van der Waals surface area contributed by atoms with Crippen molar-refractivity contribution < 1.29 is 13.6 Å². The molecule has 1 amide bonds. The van der Waals surface area contributed by atoms with Crippen molar-refractivity contribution in [2.75, 3.05) is 13.6 Å². The van der Waals surface area contributed by atoms with Gasteiger partial charge in [0.1, 0.15) is 0 Å². The largest absolute Gasteiger partial charge is 0.352 e. The molecule has 1 aliphatic heterocycles. The van der Waals surface area contributed by atoms with Crippen LogP contribution in [0.15, 0.2) is 0 Å². The fourth-order valence-corrected chi connectivity index (χ4v) is 2.73. The Morgan fingerprint density at radius 1 is 1.22 bits per heavy atom. The fourth-order valence-electron chi connectivity index (χ4n) is 2.73. The Balaban J connectivity index is 1.75. The van der Waals surface area contributed by atoms with Crippen LogP contribution in [0.2, 0.25) is 0 Å². The van der Waals surface area contributed by atoms with Crippen LogP contribution in [0.4, 0.5) is 8.78 Å². The van der Waals surface area contributed by atoms with Crippen molar-refractivity contribution in [3.05, 3.63) is 0 Å². The Bertz CT molecular complexity index is 304. The lowest BCUT2D eigenvalue weighted by molar-refractivity contribution is -0.124. The molecule has 0 unspecified atom stereocenters. The first-order chi connectivity index (χ1) is 8.50. The summed E-state index contributed by atoms with van der Waals surface area (Å²) in [4.78, 5) is 11.8. The van der Waals surface area contributed by atoms with Gasteiger partial charge in [0.05, 0.1) is 12.6 Å². The van der Waals surface area contributed by atoms with Gasteiger partial charge in [0.25, 0.3) is 5.92 Å². The van der Waals surface area contributed by atoms with Crippen molar-refractivity contribution in [3.63, 3.8) is 0 Å². The summed E-state index contributed by atoms with van der Waals surface area (Å²) in [5.74, 6) is -3.02. The molecule has 3 N–H and O–H groups in total. The van der Waals surface area contributed by atoms with Gasteiger partial charge in [0.2, 0.25) is 5.91 Å². The van der Waals surface area contributed by atoms with Gasteiger partial charge in [0, 0.05) is 18.5 Å². The molecule has 1 saturated carbocycles. The lowest BCUT2D eigenvalue weighted by atomic mass is 9.91. The second-order valence-corrected chi connectivity index (χ2v) is 5.34. The van der Waals surface area contributed by atoms with E-state index in [0.717, 1.165) is 25.7 Å². The summed E-state index contributed by atoms with van der Waals surface area (Å²) in [5, 5.41) is 8.68. The van der Waals surface area contributed by atoms with E-state index in [4.69, 9.17) is 0 Å². The van der Waals surface area contributed by atoms with Gasteiger partial charge in [-0.25, -0.2) is 8.78 Å². The Kier molecular flexibility index (Phi) is 4.17. The summed E-state index contributed by atoms with van der Waals surface area (Å²) in [7, 11) is 1.94. The Hall–Kier alpha value is -0.750. The maximum atomic E-state index is 13.0. The second kappa shape index (κ2) is 5.48. The van der Waals surface area contributed by atoms with E-state index in [2.05, 4.69) is 16.0 Å². The maximum absolute atomic E-state index is 13.0. The molecule has 1 heterocycles. The standard InChI is InChI=1S/C12H21F2N3O/c1-15-8-2-4-9(5-3-8)17-11(18)10-6-12(13,14)7-16-10/h8-10,15-16H,2-7H2,1H3,(H,17,18)/t8?,9?,10-/m0/s1. The minimum absolute atomic E-state index is 0.137. The van der Waals surface area contributed by atoms with E-state index in [1.165, 1.54) is 0 Å². The molecule has 6 heteroatoms. The van der Waals surface area contributed by atoms with Crippen LogP contribution in [0.25, 0.3) is 0 Å². The van der Waals surface area contributed by atoms with Gasteiger partial charge >= 0.3 is 0 Å². The highest BCUT2D eigenvalue weighted by atomic mass is 19.3. The van der Waals surface area contributed by atoms with Gasteiger partial charge in [-0.1, -0.05) is 0 Å². The highest BCUT2D eigenvalue weighted by molar-refractivity contribution is 5.82. The normalized spacial score (nSPS) is 35.4. The van der Waals surface area contributed by atoms with E-state index in [1.807, 2.05) is 7.05 Å². The number of halogens is 2. The van der Waals surface area contributed by atoms with Crippen LogP contribution in [0, 0.1) is 0 Å². The number of hydrogen-bond donors (Lipinski definition) is 3. The first kappa shape index (κ1) is 13.7. The first-order valence-electron chi connectivity index (χ1n) is 6.59. The van der Waals surface area contributed by atoms with Crippen LogP contribution >= 0.6 is 0 Å². The number of carbonyl (C=O) groups excluding carboxylic acids is 1. The average Bonchev–Trinajstić information content (AvgIpc) is 2.71. The van der Waals surface area contributed by atoms with Gasteiger partial charge in [-0.3, -0.25) is 10.1 Å². The van der Waals surface area contributed by atoms with Gasteiger partial charge in [-0.15, -0.1) is 0 Å². The molecule has 2 rings (SSSR count). The molecule has 2 fully saturated rings. The van der Waals surface area contributed by atoms with E-state index in [9.17, 15) is 13.6 Å². The number of rotatable bonds is 3. The minimum atomic E-state index is -2.74. The summed E-state index contributed by atoms with van der Waals surface area (Å²) < 4.78 is 26.0. The van der Waals surface area contributed by atoms with Crippen LogP contribution in [-0.2, 0) is 4.79 Å². The van der Waals surface area contributed by atoms with E-state index >= 15 is 0 Å². The summed E-state index contributed by atoms with van der Waals surface area (Å²) >= 11 is 0. The first-order valence-corrected chi connectivity index (χ1v) is 6.59. The topological polar surface area (TPSA) is 53.2 Å². The van der Waals surface area contributed by atoms with Gasteiger partial charge in [0.15, 0.2) is 0 Å². The van der Waals surface area contributed by atoms with Crippen molar-refractivity contribution in [3.8, 4) is 0 Å². The predicted octanol–water partition coefficient (Wildman–Crippen LogP) is 0.630. The summed E-state index contributed by atoms with van der Waals surface area (Å²) in [6, 6.07) is -0.0766. The summed E-state index contributed by atoms with van der Waals surface area (Å²) in [6.45, 7) is -0.391. The number of hydrogen-bond acceptors (Lipinski definition) is 3. The molecule has 1 atom stereocenters. The molecule has 1 saturated heterocycles. The Morgan fingerprint density at radius 3 is 2.33 bits per heavy atom. The molecule has 0 spiro atoms. The highest BCUT2D eigenvalue weighted by Crippen LogP contribution is 2.25. The molecule has 0 bridgehead atoms. The molecule has 2 aliphatic rings. The summed E-state index contributed by atoms with van der Waals surface area (Å²) in [6.07, 6.45) is 3.50. The molecule has 0 radical (unpaired) electrons. The van der Waals surface area contributed by atoms with E-state index in [1.54, 1.807) is 0 Å². The zero-order valence-electron chi connectivity index (χ0n) is 10.6. The van der Waals surface area contributed by atoms with Crippen LogP contribution in [0.3, 0.4) is 0 Å². The molecule has 4 nitrogen and oxygen atoms in total. The Morgan fingerprint density at radius 2 is 1.83 bits per heavy atom. The van der Waals surface area contributed by atoms with E-state index in [0.29, 0.717) is 6.04 Å². The third kappa shape index (κ3) is 3.38. The van der Waals surface area contributed by atoms with Crippen LogP contribution in [0.1, 0.15) is 32.1 Å². The number of carbonyl (C=O) groups is 1. The van der Waals surface area contributed by atoms with Crippen molar-refractivity contribution in [2.24, 2.45) is 0 Å². The molecule has 1 aliphatic carbocycles. The molecular formula is C12H21F2N3O. The smallest absolute Gasteiger partial charge is 0.262 e.